The number of benzene rings is 3. The number of methoxy groups -OCH3 is 2. The molecule has 1 aliphatic heterocycles. The van der Waals surface area contributed by atoms with E-state index < -0.39 is 5.97 Å². The van der Waals surface area contributed by atoms with Gasteiger partial charge in [0.05, 0.1) is 31.2 Å². The SMILES string of the molecule is COC(=O)c1cccc(N2C(=O)/C(=C\c3ccc(OC)cc3)C=C2c2ccccc2)c1. The highest BCUT2D eigenvalue weighted by atomic mass is 16.5. The van der Waals surface area contributed by atoms with E-state index in [1.807, 2.05) is 66.7 Å². The molecule has 0 N–H and O–H groups in total. The Morgan fingerprint density at radius 1 is 0.903 bits per heavy atom. The predicted octanol–water partition coefficient (Wildman–Crippen LogP) is 4.95. The second kappa shape index (κ2) is 8.71. The molecule has 0 aromatic heterocycles. The van der Waals surface area contributed by atoms with Gasteiger partial charge >= 0.3 is 5.97 Å². The maximum atomic E-state index is 13.4. The van der Waals surface area contributed by atoms with Gasteiger partial charge < -0.3 is 9.47 Å². The molecule has 3 aromatic rings. The van der Waals surface area contributed by atoms with Crippen LogP contribution in [0.5, 0.6) is 5.75 Å². The Hall–Kier alpha value is -4.12. The van der Waals surface area contributed by atoms with Gasteiger partial charge in [-0.3, -0.25) is 9.69 Å². The molecule has 0 saturated heterocycles. The summed E-state index contributed by atoms with van der Waals surface area (Å²) in [5.41, 5.74) is 4.06. The summed E-state index contributed by atoms with van der Waals surface area (Å²) in [6.45, 7) is 0. The lowest BCUT2D eigenvalue weighted by molar-refractivity contribution is -0.113. The summed E-state index contributed by atoms with van der Waals surface area (Å²) in [7, 11) is 2.95. The number of anilines is 1. The first-order valence-corrected chi connectivity index (χ1v) is 9.76. The molecule has 3 aromatic carbocycles. The van der Waals surface area contributed by atoms with Gasteiger partial charge in [-0.25, -0.2) is 4.79 Å². The quantitative estimate of drug-likeness (QED) is 0.440. The molecule has 0 saturated carbocycles. The maximum absolute atomic E-state index is 13.4. The average molecular weight is 411 g/mol. The lowest BCUT2D eigenvalue weighted by Crippen LogP contribution is -2.25. The molecule has 0 radical (unpaired) electrons. The lowest BCUT2D eigenvalue weighted by Gasteiger charge is -2.21. The largest absolute Gasteiger partial charge is 0.497 e. The molecule has 0 atom stereocenters. The maximum Gasteiger partial charge on any atom is 0.337 e. The Kier molecular flexibility index (Phi) is 5.67. The normalized spacial score (nSPS) is 14.5. The van der Waals surface area contributed by atoms with Crippen LogP contribution in [0, 0.1) is 0 Å². The van der Waals surface area contributed by atoms with Crippen molar-refractivity contribution < 1.29 is 19.1 Å². The number of hydrogen-bond donors (Lipinski definition) is 0. The van der Waals surface area contributed by atoms with Gasteiger partial charge in [-0.05, 0) is 53.6 Å². The topological polar surface area (TPSA) is 55.8 Å². The number of carbonyl (C=O) groups excluding carboxylic acids is 2. The molecule has 1 amide bonds. The molecule has 0 unspecified atom stereocenters. The van der Waals surface area contributed by atoms with Crippen LogP contribution < -0.4 is 9.64 Å². The van der Waals surface area contributed by atoms with Gasteiger partial charge in [-0.2, -0.15) is 0 Å². The van der Waals surface area contributed by atoms with Gasteiger partial charge in [0.15, 0.2) is 0 Å². The smallest absolute Gasteiger partial charge is 0.337 e. The molecule has 0 aliphatic carbocycles. The van der Waals surface area contributed by atoms with Crippen molar-refractivity contribution in [2.24, 2.45) is 0 Å². The summed E-state index contributed by atoms with van der Waals surface area (Å²) in [4.78, 5) is 27.1. The van der Waals surface area contributed by atoms with Crippen LogP contribution in [0.15, 0.2) is 90.5 Å². The minimum atomic E-state index is -0.451. The van der Waals surface area contributed by atoms with Gasteiger partial charge in [0.2, 0.25) is 0 Å². The second-order valence-corrected chi connectivity index (χ2v) is 6.95. The molecule has 1 heterocycles. The van der Waals surface area contributed by atoms with Gasteiger partial charge in [0, 0.05) is 5.57 Å². The first-order chi connectivity index (χ1) is 15.1. The van der Waals surface area contributed by atoms with Crippen molar-refractivity contribution in [1.82, 2.24) is 0 Å². The number of nitrogens with zero attached hydrogens (tertiary/aromatic N) is 1. The second-order valence-electron chi connectivity index (χ2n) is 6.95. The zero-order chi connectivity index (χ0) is 21.8. The van der Waals surface area contributed by atoms with Crippen LogP contribution in [0.4, 0.5) is 5.69 Å². The molecule has 0 bridgehead atoms. The Balaban J connectivity index is 1.79. The van der Waals surface area contributed by atoms with Gasteiger partial charge in [0.1, 0.15) is 5.75 Å². The zero-order valence-electron chi connectivity index (χ0n) is 17.2. The molecule has 154 valence electrons. The average Bonchev–Trinajstić information content (AvgIpc) is 3.15. The highest BCUT2D eigenvalue weighted by Crippen LogP contribution is 2.35. The minimum Gasteiger partial charge on any atom is -0.497 e. The molecule has 1 aliphatic rings. The molecule has 5 heteroatoms. The first-order valence-electron chi connectivity index (χ1n) is 9.76. The Bertz CT molecular complexity index is 1180. The van der Waals surface area contributed by atoms with Crippen LogP contribution in [-0.2, 0) is 9.53 Å². The molecule has 0 fully saturated rings. The van der Waals surface area contributed by atoms with Crippen LogP contribution in [0.2, 0.25) is 0 Å². The summed E-state index contributed by atoms with van der Waals surface area (Å²) in [6, 6.07) is 24.1. The van der Waals surface area contributed by atoms with E-state index in [9.17, 15) is 9.59 Å². The third kappa shape index (κ3) is 4.12. The van der Waals surface area contributed by atoms with E-state index in [2.05, 4.69) is 0 Å². The molecular formula is C26H21NO4. The van der Waals surface area contributed by atoms with Crippen LogP contribution >= 0.6 is 0 Å². The van der Waals surface area contributed by atoms with Gasteiger partial charge in [-0.15, -0.1) is 0 Å². The third-order valence-electron chi connectivity index (χ3n) is 5.02. The summed E-state index contributed by atoms with van der Waals surface area (Å²) in [5, 5.41) is 0. The van der Waals surface area contributed by atoms with E-state index >= 15 is 0 Å². The Morgan fingerprint density at radius 3 is 2.32 bits per heavy atom. The van der Waals surface area contributed by atoms with E-state index in [4.69, 9.17) is 9.47 Å². The molecule has 4 rings (SSSR count). The fraction of sp³-hybridized carbons (Fsp3) is 0.0769. The van der Waals surface area contributed by atoms with Crippen molar-refractivity contribution >= 4 is 29.3 Å². The molecular weight excluding hydrogens is 390 g/mol. The van der Waals surface area contributed by atoms with E-state index in [-0.39, 0.29) is 5.91 Å². The highest BCUT2D eigenvalue weighted by Gasteiger charge is 2.30. The van der Waals surface area contributed by atoms with Crippen molar-refractivity contribution in [3.05, 3.63) is 107 Å². The number of esters is 1. The number of rotatable bonds is 5. The fourth-order valence-corrected chi connectivity index (χ4v) is 3.46. The number of ether oxygens (including phenoxy) is 2. The zero-order valence-corrected chi connectivity index (χ0v) is 17.2. The fourth-order valence-electron chi connectivity index (χ4n) is 3.46. The van der Waals surface area contributed by atoms with Crippen LogP contribution in [0.3, 0.4) is 0 Å². The van der Waals surface area contributed by atoms with E-state index in [1.165, 1.54) is 7.11 Å². The monoisotopic (exact) mass is 411 g/mol. The van der Waals surface area contributed by atoms with E-state index in [0.717, 1.165) is 22.6 Å². The molecule has 5 nitrogen and oxygen atoms in total. The summed E-state index contributed by atoms with van der Waals surface area (Å²) < 4.78 is 10.0. The van der Waals surface area contributed by atoms with Crippen molar-refractivity contribution in [3.63, 3.8) is 0 Å². The summed E-state index contributed by atoms with van der Waals surface area (Å²) in [6.07, 6.45) is 3.71. The van der Waals surface area contributed by atoms with Crippen LogP contribution in [-0.4, -0.2) is 26.1 Å². The van der Waals surface area contributed by atoms with Crippen LogP contribution in [0.25, 0.3) is 11.8 Å². The van der Waals surface area contributed by atoms with E-state index in [0.29, 0.717) is 16.8 Å². The summed E-state index contributed by atoms with van der Waals surface area (Å²) >= 11 is 0. The Morgan fingerprint density at radius 2 is 1.65 bits per heavy atom. The van der Waals surface area contributed by atoms with Crippen molar-refractivity contribution in [2.75, 3.05) is 19.1 Å². The highest BCUT2D eigenvalue weighted by molar-refractivity contribution is 6.23. The van der Waals surface area contributed by atoms with Crippen molar-refractivity contribution in [2.45, 2.75) is 0 Å². The predicted molar refractivity (Wildman–Crippen MR) is 121 cm³/mol. The number of amides is 1. The van der Waals surface area contributed by atoms with Crippen molar-refractivity contribution in [3.8, 4) is 5.75 Å². The van der Waals surface area contributed by atoms with Crippen molar-refractivity contribution in [1.29, 1.82) is 0 Å². The lowest BCUT2D eigenvalue weighted by atomic mass is 10.1. The molecule has 0 spiro atoms. The first kappa shape index (κ1) is 20.2. The number of hydrogen-bond acceptors (Lipinski definition) is 4. The summed E-state index contributed by atoms with van der Waals surface area (Å²) in [5.74, 6) is 0.131. The third-order valence-corrected chi connectivity index (χ3v) is 5.02. The standard InChI is InChI=1S/C26H21NO4/c1-30-23-13-11-18(12-14-23)15-21-17-24(19-7-4-3-5-8-19)27(25(21)28)22-10-6-9-20(16-22)26(29)31-2/h3-17H,1-2H3/b21-15-. The number of carbonyl (C=O) groups is 2. The van der Waals surface area contributed by atoms with Gasteiger partial charge in [-0.1, -0.05) is 48.5 Å². The minimum absolute atomic E-state index is 0.170. The Labute approximate surface area is 180 Å². The van der Waals surface area contributed by atoms with Gasteiger partial charge in [0.25, 0.3) is 5.91 Å². The molecule has 31 heavy (non-hydrogen) atoms. The van der Waals surface area contributed by atoms with Crippen LogP contribution in [0.1, 0.15) is 21.5 Å². The van der Waals surface area contributed by atoms with E-state index in [1.54, 1.807) is 36.3 Å².